The summed E-state index contributed by atoms with van der Waals surface area (Å²) in [6, 6.07) is 3.86. The van der Waals surface area contributed by atoms with Crippen molar-refractivity contribution in [1.29, 1.82) is 0 Å². The van der Waals surface area contributed by atoms with E-state index in [-0.39, 0.29) is 16.3 Å². The first-order valence-corrected chi connectivity index (χ1v) is 7.33. The lowest BCUT2D eigenvalue weighted by Gasteiger charge is -2.03. The molecule has 1 aromatic carbocycles. The molecular formula is C13H12ClN3O3S. The van der Waals surface area contributed by atoms with Gasteiger partial charge >= 0.3 is 0 Å². The van der Waals surface area contributed by atoms with E-state index in [0.29, 0.717) is 5.13 Å². The minimum Gasteiger partial charge on any atom is -0.298 e. The molecule has 110 valence electrons. The van der Waals surface area contributed by atoms with Crippen molar-refractivity contribution in [3.63, 3.8) is 0 Å². The van der Waals surface area contributed by atoms with Crippen LogP contribution in [0.25, 0.3) is 0 Å². The van der Waals surface area contributed by atoms with Crippen molar-refractivity contribution in [3.8, 4) is 0 Å². The highest BCUT2D eigenvalue weighted by atomic mass is 35.5. The zero-order valence-electron chi connectivity index (χ0n) is 11.3. The van der Waals surface area contributed by atoms with Crippen LogP contribution in [0.3, 0.4) is 0 Å². The summed E-state index contributed by atoms with van der Waals surface area (Å²) in [6.07, 6.45) is 0.759. The van der Waals surface area contributed by atoms with E-state index in [1.54, 1.807) is 0 Å². The smallest absolute Gasteiger partial charge is 0.282 e. The van der Waals surface area contributed by atoms with E-state index in [2.05, 4.69) is 10.3 Å². The van der Waals surface area contributed by atoms with Crippen molar-refractivity contribution in [2.45, 2.75) is 20.3 Å². The summed E-state index contributed by atoms with van der Waals surface area (Å²) in [7, 11) is 0. The molecule has 2 aromatic rings. The van der Waals surface area contributed by atoms with Crippen LogP contribution in [0.2, 0.25) is 5.02 Å². The number of amides is 1. The average molecular weight is 326 g/mol. The van der Waals surface area contributed by atoms with Gasteiger partial charge in [-0.1, -0.05) is 18.5 Å². The molecule has 0 aliphatic rings. The van der Waals surface area contributed by atoms with Crippen molar-refractivity contribution >= 4 is 39.7 Å². The number of nitro groups is 1. The molecule has 0 spiro atoms. The molecule has 0 bridgehead atoms. The molecule has 21 heavy (non-hydrogen) atoms. The predicted molar refractivity (Wildman–Crippen MR) is 82.3 cm³/mol. The molecule has 1 N–H and O–H groups in total. The number of hydrogen-bond acceptors (Lipinski definition) is 5. The third-order valence-corrected chi connectivity index (χ3v) is 4.01. The van der Waals surface area contributed by atoms with Gasteiger partial charge in [0.15, 0.2) is 5.13 Å². The second-order valence-corrected chi connectivity index (χ2v) is 5.89. The molecular weight excluding hydrogens is 314 g/mol. The number of rotatable bonds is 4. The molecule has 0 radical (unpaired) electrons. The van der Waals surface area contributed by atoms with Crippen LogP contribution in [0.15, 0.2) is 18.2 Å². The van der Waals surface area contributed by atoms with E-state index in [1.165, 1.54) is 29.5 Å². The molecule has 6 nitrogen and oxygen atoms in total. The second-order valence-electron chi connectivity index (χ2n) is 4.25. The predicted octanol–water partition coefficient (Wildman–Crippen LogP) is 3.83. The minimum absolute atomic E-state index is 0.0848. The number of benzene rings is 1. The van der Waals surface area contributed by atoms with Crippen LogP contribution in [0, 0.1) is 17.0 Å². The van der Waals surface area contributed by atoms with Gasteiger partial charge in [-0.15, -0.1) is 11.3 Å². The Kier molecular flexibility index (Phi) is 4.54. The number of nitrogens with zero attached hydrogens (tertiary/aromatic N) is 2. The Bertz CT molecular complexity index is 715. The van der Waals surface area contributed by atoms with Crippen LogP contribution in [0.1, 0.15) is 27.9 Å². The maximum atomic E-state index is 12.2. The number of carbonyl (C=O) groups excluding carboxylic acids is 1. The molecule has 0 saturated carbocycles. The number of halogens is 1. The van der Waals surface area contributed by atoms with Crippen LogP contribution in [-0.4, -0.2) is 15.8 Å². The Labute approximate surface area is 129 Å². The first-order chi connectivity index (χ1) is 9.92. The molecule has 0 fully saturated rings. The summed E-state index contributed by atoms with van der Waals surface area (Å²) in [5, 5.41) is 14.2. The molecule has 0 aliphatic heterocycles. The molecule has 8 heteroatoms. The van der Waals surface area contributed by atoms with Crippen LogP contribution in [0.5, 0.6) is 0 Å². The van der Waals surface area contributed by atoms with Crippen LogP contribution < -0.4 is 5.32 Å². The van der Waals surface area contributed by atoms with Gasteiger partial charge in [-0.05, 0) is 25.5 Å². The molecule has 1 amide bonds. The molecule has 1 aromatic heterocycles. The number of aryl methyl sites for hydroxylation is 2. The van der Waals surface area contributed by atoms with Gasteiger partial charge in [-0.2, -0.15) is 0 Å². The number of thiazole rings is 1. The average Bonchev–Trinajstić information content (AvgIpc) is 2.78. The van der Waals surface area contributed by atoms with Gasteiger partial charge in [0.2, 0.25) is 0 Å². The summed E-state index contributed by atoms with van der Waals surface area (Å²) in [5.41, 5.74) is 0.523. The van der Waals surface area contributed by atoms with Crippen molar-refractivity contribution in [2.75, 3.05) is 5.32 Å². The van der Waals surface area contributed by atoms with Gasteiger partial charge in [0.1, 0.15) is 5.56 Å². The van der Waals surface area contributed by atoms with Crippen molar-refractivity contribution < 1.29 is 9.72 Å². The first-order valence-electron chi connectivity index (χ1n) is 6.14. The minimum atomic E-state index is -0.615. The molecule has 0 unspecified atom stereocenters. The highest BCUT2D eigenvalue weighted by molar-refractivity contribution is 7.15. The van der Waals surface area contributed by atoms with E-state index < -0.39 is 10.8 Å². The summed E-state index contributed by atoms with van der Waals surface area (Å²) < 4.78 is 0. The lowest BCUT2D eigenvalue weighted by Crippen LogP contribution is -2.14. The van der Waals surface area contributed by atoms with Crippen LogP contribution in [-0.2, 0) is 6.42 Å². The number of aromatic nitrogens is 1. The van der Waals surface area contributed by atoms with E-state index in [1.807, 2.05) is 13.8 Å². The van der Waals surface area contributed by atoms with E-state index in [9.17, 15) is 14.9 Å². The first kappa shape index (κ1) is 15.4. The van der Waals surface area contributed by atoms with Gasteiger partial charge in [0.25, 0.3) is 11.6 Å². The Balaban J connectivity index is 2.31. The number of nitro benzene ring substituents is 1. The van der Waals surface area contributed by atoms with Crippen LogP contribution in [0.4, 0.5) is 10.8 Å². The summed E-state index contributed by atoms with van der Waals surface area (Å²) in [5.74, 6) is -0.597. The highest BCUT2D eigenvalue weighted by Crippen LogP contribution is 2.26. The Hall–Kier alpha value is -1.99. The SMILES string of the molecule is CCc1nc(NC(=O)c2cc(Cl)ccc2[N+](=O)[O-])sc1C. The Morgan fingerprint density at radius 1 is 1.52 bits per heavy atom. The van der Waals surface area contributed by atoms with E-state index >= 15 is 0 Å². The van der Waals surface area contributed by atoms with Crippen molar-refractivity contribution in [1.82, 2.24) is 4.98 Å². The number of carbonyl (C=O) groups is 1. The number of hydrogen-bond donors (Lipinski definition) is 1. The maximum absolute atomic E-state index is 12.2. The molecule has 0 aliphatic carbocycles. The molecule has 0 saturated heterocycles. The normalized spacial score (nSPS) is 10.4. The molecule has 0 atom stereocenters. The van der Waals surface area contributed by atoms with Crippen molar-refractivity contribution in [3.05, 3.63) is 49.5 Å². The lowest BCUT2D eigenvalue weighted by atomic mass is 10.1. The highest BCUT2D eigenvalue weighted by Gasteiger charge is 2.21. The van der Waals surface area contributed by atoms with Crippen molar-refractivity contribution in [2.24, 2.45) is 0 Å². The van der Waals surface area contributed by atoms with Gasteiger partial charge in [-0.25, -0.2) is 4.98 Å². The second kappa shape index (κ2) is 6.19. The fraction of sp³-hybridized carbons (Fsp3) is 0.231. The zero-order valence-corrected chi connectivity index (χ0v) is 12.9. The van der Waals surface area contributed by atoms with E-state index in [4.69, 9.17) is 11.6 Å². The monoisotopic (exact) mass is 325 g/mol. The third-order valence-electron chi connectivity index (χ3n) is 2.85. The Morgan fingerprint density at radius 2 is 2.24 bits per heavy atom. The quantitative estimate of drug-likeness (QED) is 0.683. The standard InChI is InChI=1S/C13H12ClN3O3S/c1-3-10-7(2)21-13(15-10)16-12(18)9-6-8(14)4-5-11(9)17(19)20/h4-6H,3H2,1-2H3,(H,15,16,18). The fourth-order valence-electron chi connectivity index (χ4n) is 1.82. The fourth-order valence-corrected chi connectivity index (χ4v) is 2.89. The van der Waals surface area contributed by atoms with E-state index in [0.717, 1.165) is 17.0 Å². The Morgan fingerprint density at radius 3 is 2.81 bits per heavy atom. The molecule has 2 rings (SSSR count). The summed E-state index contributed by atoms with van der Waals surface area (Å²) in [4.78, 5) is 27.8. The summed E-state index contributed by atoms with van der Waals surface area (Å²) in [6.45, 7) is 3.88. The van der Waals surface area contributed by atoms with Gasteiger partial charge in [0, 0.05) is 16.0 Å². The third kappa shape index (κ3) is 3.37. The summed E-state index contributed by atoms with van der Waals surface area (Å²) >= 11 is 7.14. The topological polar surface area (TPSA) is 85.1 Å². The van der Waals surface area contributed by atoms with Gasteiger partial charge in [-0.3, -0.25) is 20.2 Å². The maximum Gasteiger partial charge on any atom is 0.282 e. The van der Waals surface area contributed by atoms with Crippen LogP contribution >= 0.6 is 22.9 Å². The number of nitrogens with one attached hydrogen (secondary N) is 1. The molecule has 1 heterocycles. The van der Waals surface area contributed by atoms with Gasteiger partial charge in [0.05, 0.1) is 10.6 Å². The largest absolute Gasteiger partial charge is 0.298 e. The number of anilines is 1. The lowest BCUT2D eigenvalue weighted by molar-refractivity contribution is -0.385. The zero-order chi connectivity index (χ0) is 15.6. The van der Waals surface area contributed by atoms with Gasteiger partial charge < -0.3 is 0 Å².